The summed E-state index contributed by atoms with van der Waals surface area (Å²) in [6.45, 7) is 5.07. The lowest BCUT2D eigenvalue weighted by atomic mass is 9.88. The molecule has 1 aromatic heterocycles. The number of halogens is 1. The molecule has 0 unspecified atom stereocenters. The Bertz CT molecular complexity index is 607. The summed E-state index contributed by atoms with van der Waals surface area (Å²) < 4.78 is 5.94. The molecule has 0 aromatic carbocycles. The molecule has 0 bridgehead atoms. The van der Waals surface area contributed by atoms with Crippen molar-refractivity contribution in [3.05, 3.63) is 16.9 Å². The van der Waals surface area contributed by atoms with Crippen LogP contribution in [0, 0.1) is 5.92 Å². The highest BCUT2D eigenvalue weighted by atomic mass is 35.5. The molecule has 0 spiro atoms. The number of carbonyl (C=O) groups is 1. The Kier molecular flexibility index (Phi) is 7.08. The number of hydrogen-bond acceptors (Lipinski definition) is 5. The van der Waals surface area contributed by atoms with E-state index in [1.165, 1.54) is 31.9 Å². The maximum Gasteiger partial charge on any atom is 0.271 e. The van der Waals surface area contributed by atoms with Crippen molar-refractivity contribution in [2.24, 2.45) is 5.92 Å². The van der Waals surface area contributed by atoms with Crippen LogP contribution in [0.5, 0.6) is 0 Å². The van der Waals surface area contributed by atoms with Crippen molar-refractivity contribution in [3.63, 3.8) is 0 Å². The zero-order chi connectivity index (χ0) is 18.4. The average Bonchev–Trinajstić information content (AvgIpc) is 2.67. The quantitative estimate of drug-likeness (QED) is 0.765. The summed E-state index contributed by atoms with van der Waals surface area (Å²) >= 11 is 6.15. The molecule has 144 valence electrons. The molecule has 1 aliphatic carbocycles. The molecule has 26 heavy (non-hydrogen) atoms. The highest BCUT2D eigenvalue weighted by Gasteiger charge is 2.22. The molecule has 2 aliphatic rings. The zero-order valence-electron chi connectivity index (χ0n) is 15.5. The van der Waals surface area contributed by atoms with Gasteiger partial charge in [0.25, 0.3) is 5.91 Å². The lowest BCUT2D eigenvalue weighted by Gasteiger charge is -2.28. The summed E-state index contributed by atoms with van der Waals surface area (Å²) in [5.41, 5.74) is 0.244. The number of aromatic nitrogens is 2. The molecule has 6 nitrogen and oxygen atoms in total. The summed E-state index contributed by atoms with van der Waals surface area (Å²) in [6, 6.07) is 0. The molecule has 1 aromatic rings. The van der Waals surface area contributed by atoms with Gasteiger partial charge in [-0.05, 0) is 38.0 Å². The van der Waals surface area contributed by atoms with Crippen molar-refractivity contribution in [2.45, 2.75) is 58.0 Å². The van der Waals surface area contributed by atoms with Gasteiger partial charge in [0.2, 0.25) is 5.95 Å². The molecule has 1 saturated heterocycles. The van der Waals surface area contributed by atoms with Gasteiger partial charge in [-0.25, -0.2) is 9.97 Å². The van der Waals surface area contributed by atoms with Gasteiger partial charge in [0.15, 0.2) is 5.69 Å². The van der Waals surface area contributed by atoms with E-state index in [2.05, 4.69) is 27.1 Å². The Morgan fingerprint density at radius 1 is 1.27 bits per heavy atom. The second kappa shape index (κ2) is 9.51. The predicted molar refractivity (Wildman–Crippen MR) is 103 cm³/mol. The number of amides is 1. The van der Waals surface area contributed by atoms with Gasteiger partial charge in [0.1, 0.15) is 0 Å². The molecule has 0 radical (unpaired) electrons. The van der Waals surface area contributed by atoms with E-state index in [1.807, 2.05) is 0 Å². The average molecular weight is 381 g/mol. The minimum atomic E-state index is -0.268. The fraction of sp³-hybridized carbons (Fsp3) is 0.737. The van der Waals surface area contributed by atoms with Crippen LogP contribution in [0.2, 0.25) is 5.02 Å². The van der Waals surface area contributed by atoms with Gasteiger partial charge in [-0.3, -0.25) is 4.79 Å². The summed E-state index contributed by atoms with van der Waals surface area (Å²) in [4.78, 5) is 23.3. The fourth-order valence-corrected chi connectivity index (χ4v) is 3.93. The number of carbonyl (C=O) groups excluding carboxylic acids is 1. The van der Waals surface area contributed by atoms with E-state index in [-0.39, 0.29) is 16.6 Å². The number of hydrogen-bond donors (Lipinski definition) is 1. The Morgan fingerprint density at radius 3 is 2.81 bits per heavy atom. The first kappa shape index (κ1) is 19.4. The van der Waals surface area contributed by atoms with Crippen LogP contribution in [0.15, 0.2) is 6.20 Å². The highest BCUT2D eigenvalue weighted by molar-refractivity contribution is 6.33. The van der Waals surface area contributed by atoms with E-state index in [0.29, 0.717) is 31.1 Å². The van der Waals surface area contributed by atoms with Crippen LogP contribution in [0.4, 0.5) is 5.95 Å². The minimum Gasteiger partial charge on any atom is -0.376 e. The first-order chi connectivity index (χ1) is 12.6. The minimum absolute atomic E-state index is 0.244. The topological polar surface area (TPSA) is 67.3 Å². The largest absolute Gasteiger partial charge is 0.376 e. The normalized spacial score (nSPS) is 23.7. The molecule has 1 N–H and O–H groups in total. The Hall–Kier alpha value is -1.40. The van der Waals surface area contributed by atoms with Crippen molar-refractivity contribution in [1.29, 1.82) is 0 Å². The molecular weight excluding hydrogens is 352 g/mol. The van der Waals surface area contributed by atoms with Gasteiger partial charge < -0.3 is 15.0 Å². The van der Waals surface area contributed by atoms with Crippen molar-refractivity contribution < 1.29 is 9.53 Å². The van der Waals surface area contributed by atoms with Gasteiger partial charge >= 0.3 is 0 Å². The van der Waals surface area contributed by atoms with Crippen LogP contribution in [0.3, 0.4) is 0 Å². The summed E-state index contributed by atoms with van der Waals surface area (Å²) in [6.07, 6.45) is 10.2. The van der Waals surface area contributed by atoms with Crippen LogP contribution < -0.4 is 10.2 Å². The van der Waals surface area contributed by atoms with E-state index in [4.69, 9.17) is 16.3 Å². The van der Waals surface area contributed by atoms with Gasteiger partial charge in [-0.15, -0.1) is 0 Å². The lowest BCUT2D eigenvalue weighted by Crippen LogP contribution is -2.34. The molecular formula is C19H29ClN4O2. The van der Waals surface area contributed by atoms with E-state index >= 15 is 0 Å². The van der Waals surface area contributed by atoms with Crippen molar-refractivity contribution >= 4 is 23.5 Å². The third-order valence-electron chi connectivity index (χ3n) is 5.34. The highest BCUT2D eigenvalue weighted by Crippen LogP contribution is 2.26. The van der Waals surface area contributed by atoms with E-state index in [1.54, 1.807) is 0 Å². The molecule has 1 saturated carbocycles. The smallest absolute Gasteiger partial charge is 0.271 e. The third kappa shape index (κ3) is 5.07. The van der Waals surface area contributed by atoms with Crippen LogP contribution >= 0.6 is 11.6 Å². The second-order valence-electron chi connectivity index (χ2n) is 7.34. The fourth-order valence-electron chi connectivity index (χ4n) is 3.75. The molecule has 2 fully saturated rings. The van der Waals surface area contributed by atoms with E-state index < -0.39 is 0 Å². The first-order valence-corrected chi connectivity index (χ1v) is 10.2. The Labute approximate surface area is 160 Å². The summed E-state index contributed by atoms with van der Waals surface area (Å²) in [5.74, 6) is 0.922. The lowest BCUT2D eigenvalue weighted by molar-refractivity contribution is -0.00295. The number of nitrogens with one attached hydrogen (secondary N) is 1. The molecule has 1 aliphatic heterocycles. The maximum atomic E-state index is 12.5. The molecule has 1 amide bonds. The monoisotopic (exact) mass is 380 g/mol. The van der Waals surface area contributed by atoms with Crippen molar-refractivity contribution in [2.75, 3.05) is 31.1 Å². The zero-order valence-corrected chi connectivity index (χ0v) is 16.3. The number of ether oxygens (including phenoxy) is 1. The number of nitrogens with zero attached hydrogens (tertiary/aromatic N) is 3. The molecule has 7 heteroatoms. The van der Waals surface area contributed by atoms with Crippen LogP contribution in [-0.4, -0.2) is 48.2 Å². The van der Waals surface area contributed by atoms with Crippen molar-refractivity contribution in [3.8, 4) is 0 Å². The van der Waals surface area contributed by atoms with E-state index in [0.717, 1.165) is 32.4 Å². The summed E-state index contributed by atoms with van der Waals surface area (Å²) in [5, 5.41) is 3.15. The summed E-state index contributed by atoms with van der Waals surface area (Å²) in [7, 11) is 0. The number of rotatable bonds is 6. The van der Waals surface area contributed by atoms with Crippen molar-refractivity contribution in [1.82, 2.24) is 15.3 Å². The Balaban J connectivity index is 1.50. The molecule has 2 atom stereocenters. The van der Waals surface area contributed by atoms with E-state index in [9.17, 15) is 4.79 Å². The van der Waals surface area contributed by atoms with Crippen LogP contribution in [0.25, 0.3) is 0 Å². The van der Waals surface area contributed by atoms with Gasteiger partial charge in [-0.1, -0.05) is 31.4 Å². The van der Waals surface area contributed by atoms with Crippen LogP contribution in [-0.2, 0) is 4.74 Å². The SMILES string of the molecule is C[C@H]1CCCC[C@H]1OCCNC(=O)c1nc(N2CCCCC2)ncc1Cl. The number of piperidine rings is 1. The maximum absolute atomic E-state index is 12.5. The first-order valence-electron chi connectivity index (χ1n) is 9.82. The van der Waals surface area contributed by atoms with Crippen LogP contribution in [0.1, 0.15) is 62.4 Å². The standard InChI is InChI=1S/C19H29ClN4O2/c1-14-7-3-4-8-16(14)26-12-9-21-18(25)17-15(20)13-22-19(23-17)24-10-5-2-6-11-24/h13-14,16H,2-12H2,1H3,(H,21,25)/t14-,16+/m0/s1. The van der Waals surface area contributed by atoms with Gasteiger partial charge in [-0.2, -0.15) is 0 Å². The second-order valence-corrected chi connectivity index (χ2v) is 7.75. The molecule has 3 rings (SSSR count). The number of anilines is 1. The predicted octanol–water partition coefficient (Wildman–Crippen LogP) is 3.45. The van der Waals surface area contributed by atoms with Gasteiger partial charge in [0, 0.05) is 19.6 Å². The third-order valence-corrected chi connectivity index (χ3v) is 5.61. The molecule has 2 heterocycles. The Morgan fingerprint density at radius 2 is 2.04 bits per heavy atom. The van der Waals surface area contributed by atoms with Gasteiger partial charge in [0.05, 0.1) is 23.9 Å².